The fourth-order valence-corrected chi connectivity index (χ4v) is 5.31. The second-order valence-corrected chi connectivity index (χ2v) is 7.84. The fraction of sp³-hybridized carbons (Fsp3) is 0.882. The number of rotatable bonds is 6. The smallest absolute Gasteiger partial charge is 0.306 e. The van der Waals surface area contributed by atoms with Crippen molar-refractivity contribution < 1.29 is 14.7 Å². The van der Waals surface area contributed by atoms with Crippen molar-refractivity contribution in [1.82, 2.24) is 5.32 Å². The van der Waals surface area contributed by atoms with Crippen LogP contribution in [-0.4, -0.2) is 23.5 Å². The van der Waals surface area contributed by atoms with Crippen LogP contribution in [0.4, 0.5) is 0 Å². The molecule has 0 aromatic rings. The van der Waals surface area contributed by atoms with Crippen molar-refractivity contribution in [2.24, 2.45) is 29.1 Å². The second kappa shape index (κ2) is 5.62. The van der Waals surface area contributed by atoms with Crippen LogP contribution in [0.5, 0.6) is 0 Å². The van der Waals surface area contributed by atoms with Crippen molar-refractivity contribution in [2.75, 3.05) is 6.54 Å². The SMILES string of the molecule is CC(CCCNC(=O)C12CC3CC(CC(C3)C1)C2)C(=O)O. The van der Waals surface area contributed by atoms with Gasteiger partial charge in [0, 0.05) is 12.0 Å². The molecule has 1 unspecified atom stereocenters. The molecule has 0 heterocycles. The fourth-order valence-electron chi connectivity index (χ4n) is 5.31. The molecule has 21 heavy (non-hydrogen) atoms. The quantitative estimate of drug-likeness (QED) is 0.740. The summed E-state index contributed by atoms with van der Waals surface area (Å²) in [7, 11) is 0. The van der Waals surface area contributed by atoms with Crippen molar-refractivity contribution in [1.29, 1.82) is 0 Å². The third-order valence-electron chi connectivity index (χ3n) is 6.04. The van der Waals surface area contributed by atoms with Gasteiger partial charge >= 0.3 is 5.97 Å². The highest BCUT2D eigenvalue weighted by Gasteiger charge is 2.54. The Kier molecular flexibility index (Phi) is 3.98. The van der Waals surface area contributed by atoms with Crippen LogP contribution in [0.3, 0.4) is 0 Å². The number of hydrogen-bond acceptors (Lipinski definition) is 2. The Morgan fingerprint density at radius 3 is 2.14 bits per heavy atom. The summed E-state index contributed by atoms with van der Waals surface area (Å²) in [6, 6.07) is 0. The zero-order chi connectivity index (χ0) is 15.0. The average molecular weight is 293 g/mol. The average Bonchev–Trinajstić information content (AvgIpc) is 2.41. The van der Waals surface area contributed by atoms with Gasteiger partial charge in [0.2, 0.25) is 5.91 Å². The van der Waals surface area contributed by atoms with Gasteiger partial charge in [0.05, 0.1) is 5.92 Å². The molecule has 0 aromatic heterocycles. The molecular weight excluding hydrogens is 266 g/mol. The molecule has 4 bridgehead atoms. The molecule has 1 amide bonds. The normalized spacial score (nSPS) is 38.2. The van der Waals surface area contributed by atoms with E-state index in [4.69, 9.17) is 5.11 Å². The molecule has 4 heteroatoms. The Morgan fingerprint density at radius 1 is 1.14 bits per heavy atom. The Bertz CT molecular complexity index is 396. The van der Waals surface area contributed by atoms with Gasteiger partial charge in [0.15, 0.2) is 0 Å². The number of nitrogens with one attached hydrogen (secondary N) is 1. The third-order valence-corrected chi connectivity index (χ3v) is 6.04. The summed E-state index contributed by atoms with van der Waals surface area (Å²) < 4.78 is 0. The summed E-state index contributed by atoms with van der Waals surface area (Å²) in [4.78, 5) is 23.4. The lowest BCUT2D eigenvalue weighted by molar-refractivity contribution is -0.146. The summed E-state index contributed by atoms with van der Waals surface area (Å²) in [5, 5.41) is 12.0. The van der Waals surface area contributed by atoms with E-state index in [9.17, 15) is 9.59 Å². The molecule has 4 aliphatic rings. The zero-order valence-electron chi connectivity index (χ0n) is 12.9. The first-order valence-corrected chi connectivity index (χ1v) is 8.49. The number of amides is 1. The lowest BCUT2D eigenvalue weighted by Gasteiger charge is -2.55. The molecule has 2 N–H and O–H groups in total. The van der Waals surface area contributed by atoms with E-state index in [2.05, 4.69) is 5.32 Å². The van der Waals surface area contributed by atoms with E-state index in [0.717, 1.165) is 43.4 Å². The van der Waals surface area contributed by atoms with Crippen LogP contribution in [0.1, 0.15) is 58.3 Å². The molecule has 118 valence electrons. The van der Waals surface area contributed by atoms with Crippen LogP contribution in [0.25, 0.3) is 0 Å². The first-order chi connectivity index (χ1) is 9.98. The number of aliphatic carboxylic acids is 1. The van der Waals surface area contributed by atoms with E-state index < -0.39 is 5.97 Å². The van der Waals surface area contributed by atoms with Crippen LogP contribution in [0, 0.1) is 29.1 Å². The molecule has 4 fully saturated rings. The molecule has 0 aromatic carbocycles. The maximum absolute atomic E-state index is 12.6. The molecule has 0 radical (unpaired) electrons. The van der Waals surface area contributed by atoms with Gasteiger partial charge in [-0.05, 0) is 69.1 Å². The van der Waals surface area contributed by atoms with Gasteiger partial charge in [-0.25, -0.2) is 0 Å². The van der Waals surface area contributed by atoms with Gasteiger partial charge in [-0.1, -0.05) is 6.92 Å². The van der Waals surface area contributed by atoms with E-state index in [-0.39, 0.29) is 17.2 Å². The molecule has 4 nitrogen and oxygen atoms in total. The standard InChI is InChI=1S/C17H27NO3/c1-11(15(19)20)3-2-4-18-16(21)17-8-12-5-13(9-17)7-14(6-12)10-17/h11-14H,2-10H2,1H3,(H,18,21)(H,19,20). The highest BCUT2D eigenvalue weighted by atomic mass is 16.4. The van der Waals surface area contributed by atoms with E-state index in [0.29, 0.717) is 13.0 Å². The molecule has 0 aliphatic heterocycles. The van der Waals surface area contributed by atoms with Crippen LogP contribution in [-0.2, 0) is 9.59 Å². The number of carbonyl (C=O) groups is 2. The van der Waals surface area contributed by atoms with E-state index in [1.54, 1.807) is 6.92 Å². The molecule has 4 rings (SSSR count). The van der Waals surface area contributed by atoms with Crippen LogP contribution in [0.2, 0.25) is 0 Å². The van der Waals surface area contributed by atoms with Gasteiger partial charge in [0.25, 0.3) is 0 Å². The Hall–Kier alpha value is -1.06. The minimum absolute atomic E-state index is 0.0762. The number of hydrogen-bond donors (Lipinski definition) is 2. The Morgan fingerprint density at radius 2 is 1.67 bits per heavy atom. The maximum atomic E-state index is 12.6. The first-order valence-electron chi connectivity index (χ1n) is 8.49. The highest BCUT2D eigenvalue weighted by Crippen LogP contribution is 2.60. The van der Waals surface area contributed by atoms with Crippen LogP contribution >= 0.6 is 0 Å². The van der Waals surface area contributed by atoms with Crippen LogP contribution < -0.4 is 5.32 Å². The van der Waals surface area contributed by atoms with E-state index in [1.165, 1.54) is 19.3 Å². The van der Waals surface area contributed by atoms with Gasteiger partial charge in [0.1, 0.15) is 0 Å². The molecule has 4 saturated carbocycles. The number of carbonyl (C=O) groups excluding carboxylic acids is 1. The molecule has 0 spiro atoms. The lowest BCUT2D eigenvalue weighted by atomic mass is 9.49. The Labute approximate surface area is 126 Å². The molecular formula is C17H27NO3. The van der Waals surface area contributed by atoms with Gasteiger partial charge < -0.3 is 10.4 Å². The number of carboxylic acids is 1. The first kappa shape index (κ1) is 14.9. The van der Waals surface area contributed by atoms with Crippen molar-refractivity contribution in [3.05, 3.63) is 0 Å². The lowest BCUT2D eigenvalue weighted by Crippen LogP contribution is -2.53. The van der Waals surface area contributed by atoms with E-state index in [1.807, 2.05) is 0 Å². The van der Waals surface area contributed by atoms with Gasteiger partial charge in [-0.3, -0.25) is 9.59 Å². The molecule has 4 aliphatic carbocycles. The van der Waals surface area contributed by atoms with Crippen molar-refractivity contribution in [3.8, 4) is 0 Å². The minimum atomic E-state index is -0.748. The predicted octanol–water partition coefficient (Wildman–Crippen LogP) is 2.82. The highest BCUT2D eigenvalue weighted by molar-refractivity contribution is 5.83. The predicted molar refractivity (Wildman–Crippen MR) is 79.6 cm³/mol. The zero-order valence-corrected chi connectivity index (χ0v) is 12.9. The maximum Gasteiger partial charge on any atom is 0.306 e. The summed E-state index contributed by atoms with van der Waals surface area (Å²) in [6.07, 6.45) is 8.72. The van der Waals surface area contributed by atoms with Crippen molar-refractivity contribution >= 4 is 11.9 Å². The Balaban J connectivity index is 1.48. The summed E-state index contributed by atoms with van der Waals surface area (Å²) in [5.41, 5.74) is -0.0762. The molecule has 1 atom stereocenters. The van der Waals surface area contributed by atoms with Crippen molar-refractivity contribution in [3.63, 3.8) is 0 Å². The van der Waals surface area contributed by atoms with Crippen LogP contribution in [0.15, 0.2) is 0 Å². The van der Waals surface area contributed by atoms with Gasteiger partial charge in [-0.2, -0.15) is 0 Å². The second-order valence-electron chi connectivity index (χ2n) is 7.84. The number of carboxylic acid groups (broad SMARTS) is 1. The van der Waals surface area contributed by atoms with Gasteiger partial charge in [-0.15, -0.1) is 0 Å². The summed E-state index contributed by atoms with van der Waals surface area (Å²) >= 11 is 0. The third kappa shape index (κ3) is 2.95. The summed E-state index contributed by atoms with van der Waals surface area (Å²) in [6.45, 7) is 2.35. The monoisotopic (exact) mass is 293 g/mol. The van der Waals surface area contributed by atoms with E-state index >= 15 is 0 Å². The largest absolute Gasteiger partial charge is 0.481 e. The topological polar surface area (TPSA) is 66.4 Å². The molecule has 0 saturated heterocycles. The van der Waals surface area contributed by atoms with Crippen molar-refractivity contribution in [2.45, 2.75) is 58.3 Å². The summed E-state index contributed by atoms with van der Waals surface area (Å²) in [5.74, 6) is 1.55. The minimum Gasteiger partial charge on any atom is -0.481 e.